The SMILES string of the molecule is CC(C)(C)OC(=O)NC1c2cc(C=O)ccc2CC1O. The summed E-state index contributed by atoms with van der Waals surface area (Å²) in [6.07, 6.45) is -0.0879. The lowest BCUT2D eigenvalue weighted by atomic mass is 10.0. The quantitative estimate of drug-likeness (QED) is 0.810. The summed E-state index contributed by atoms with van der Waals surface area (Å²) in [5.74, 6) is 0. The van der Waals surface area contributed by atoms with E-state index in [1.165, 1.54) is 0 Å². The second-order valence-corrected chi connectivity index (χ2v) is 5.97. The fourth-order valence-corrected chi connectivity index (χ4v) is 2.32. The highest BCUT2D eigenvalue weighted by Crippen LogP contribution is 2.32. The fraction of sp³-hybridized carbons (Fsp3) is 0.467. The van der Waals surface area contributed by atoms with Gasteiger partial charge in [0.15, 0.2) is 0 Å². The van der Waals surface area contributed by atoms with Gasteiger partial charge in [0.05, 0.1) is 12.1 Å². The summed E-state index contributed by atoms with van der Waals surface area (Å²) in [5.41, 5.74) is 1.63. The normalized spacial score (nSPS) is 21.2. The van der Waals surface area contributed by atoms with Gasteiger partial charge in [0.2, 0.25) is 0 Å². The van der Waals surface area contributed by atoms with Crippen LogP contribution in [0.15, 0.2) is 18.2 Å². The van der Waals surface area contributed by atoms with Crippen LogP contribution in [0.4, 0.5) is 4.79 Å². The van der Waals surface area contributed by atoms with Crippen LogP contribution in [0.3, 0.4) is 0 Å². The Hall–Kier alpha value is -1.88. The van der Waals surface area contributed by atoms with Crippen LogP contribution in [-0.2, 0) is 11.2 Å². The van der Waals surface area contributed by atoms with E-state index in [0.29, 0.717) is 12.0 Å². The summed E-state index contributed by atoms with van der Waals surface area (Å²) in [6, 6.07) is 4.66. The van der Waals surface area contributed by atoms with E-state index in [2.05, 4.69) is 5.32 Å². The molecule has 0 fully saturated rings. The molecule has 0 spiro atoms. The maximum absolute atomic E-state index is 11.8. The molecule has 108 valence electrons. The zero-order valence-electron chi connectivity index (χ0n) is 11.8. The third-order valence-corrected chi connectivity index (χ3v) is 3.13. The summed E-state index contributed by atoms with van der Waals surface area (Å²) >= 11 is 0. The van der Waals surface area contributed by atoms with E-state index in [1.54, 1.807) is 39.0 Å². The molecule has 2 N–H and O–H groups in total. The number of amides is 1. The minimum Gasteiger partial charge on any atom is -0.444 e. The molecule has 1 amide bonds. The number of ether oxygens (including phenoxy) is 1. The summed E-state index contributed by atoms with van der Waals surface area (Å²) in [4.78, 5) is 22.6. The first kappa shape index (κ1) is 14.5. The van der Waals surface area contributed by atoms with Crippen LogP contribution in [0.1, 0.15) is 48.3 Å². The predicted molar refractivity (Wildman–Crippen MR) is 73.7 cm³/mol. The molecular weight excluding hydrogens is 258 g/mol. The number of hydrogen-bond donors (Lipinski definition) is 2. The van der Waals surface area contributed by atoms with Crippen LogP contribution >= 0.6 is 0 Å². The summed E-state index contributed by atoms with van der Waals surface area (Å²) in [5, 5.41) is 12.7. The minimum atomic E-state index is -0.709. The van der Waals surface area contributed by atoms with Crippen molar-refractivity contribution in [2.45, 2.75) is 44.9 Å². The van der Waals surface area contributed by atoms with Crippen molar-refractivity contribution >= 4 is 12.4 Å². The molecule has 0 saturated heterocycles. The molecule has 5 nitrogen and oxygen atoms in total. The molecular formula is C15H19NO4. The monoisotopic (exact) mass is 277 g/mol. The Labute approximate surface area is 117 Å². The van der Waals surface area contributed by atoms with Gasteiger partial charge in [0, 0.05) is 12.0 Å². The smallest absolute Gasteiger partial charge is 0.408 e. The number of aliphatic hydroxyl groups excluding tert-OH is 1. The Balaban J connectivity index is 2.18. The number of rotatable bonds is 2. The lowest BCUT2D eigenvalue weighted by Crippen LogP contribution is -2.38. The van der Waals surface area contributed by atoms with Gasteiger partial charge in [-0.15, -0.1) is 0 Å². The maximum Gasteiger partial charge on any atom is 0.408 e. The number of hydrogen-bond acceptors (Lipinski definition) is 4. The number of aliphatic hydroxyl groups is 1. The Bertz CT molecular complexity index is 533. The third-order valence-electron chi connectivity index (χ3n) is 3.13. The van der Waals surface area contributed by atoms with Crippen LogP contribution in [0.5, 0.6) is 0 Å². The molecule has 5 heteroatoms. The van der Waals surface area contributed by atoms with E-state index >= 15 is 0 Å². The topological polar surface area (TPSA) is 75.6 Å². The number of aldehydes is 1. The maximum atomic E-state index is 11.8. The zero-order chi connectivity index (χ0) is 14.9. The second-order valence-electron chi connectivity index (χ2n) is 5.97. The number of benzene rings is 1. The lowest BCUT2D eigenvalue weighted by molar-refractivity contribution is 0.0438. The molecule has 0 aliphatic heterocycles. The first-order chi connectivity index (χ1) is 9.30. The van der Waals surface area contributed by atoms with Gasteiger partial charge in [-0.3, -0.25) is 4.79 Å². The van der Waals surface area contributed by atoms with Crippen molar-refractivity contribution in [3.8, 4) is 0 Å². The molecule has 1 aromatic carbocycles. The molecule has 20 heavy (non-hydrogen) atoms. The average Bonchev–Trinajstić information content (AvgIpc) is 2.63. The summed E-state index contributed by atoms with van der Waals surface area (Å²) < 4.78 is 5.19. The van der Waals surface area contributed by atoms with Crippen LogP contribution in [-0.4, -0.2) is 29.2 Å². The van der Waals surface area contributed by atoms with Crippen molar-refractivity contribution in [1.82, 2.24) is 5.32 Å². The van der Waals surface area contributed by atoms with Crippen molar-refractivity contribution in [3.05, 3.63) is 34.9 Å². The molecule has 0 heterocycles. The zero-order valence-corrected chi connectivity index (χ0v) is 11.8. The van der Waals surface area contributed by atoms with Crippen LogP contribution < -0.4 is 5.32 Å². The van der Waals surface area contributed by atoms with Gasteiger partial charge < -0.3 is 15.2 Å². The predicted octanol–water partition coefficient (Wildman–Crippen LogP) is 1.98. The van der Waals surface area contributed by atoms with Crippen LogP contribution in [0.25, 0.3) is 0 Å². The van der Waals surface area contributed by atoms with Crippen LogP contribution in [0.2, 0.25) is 0 Å². The number of nitrogens with one attached hydrogen (secondary N) is 1. The Kier molecular flexibility index (Phi) is 3.81. The molecule has 0 bridgehead atoms. The van der Waals surface area contributed by atoms with Crippen molar-refractivity contribution in [3.63, 3.8) is 0 Å². The van der Waals surface area contributed by atoms with Gasteiger partial charge in [-0.2, -0.15) is 0 Å². The largest absolute Gasteiger partial charge is 0.444 e. The molecule has 0 radical (unpaired) electrons. The van der Waals surface area contributed by atoms with Gasteiger partial charge in [-0.1, -0.05) is 12.1 Å². The highest BCUT2D eigenvalue weighted by atomic mass is 16.6. The number of carbonyl (C=O) groups is 2. The van der Waals surface area contributed by atoms with Gasteiger partial charge in [-0.25, -0.2) is 4.79 Å². The molecule has 2 unspecified atom stereocenters. The Morgan fingerprint density at radius 2 is 2.15 bits per heavy atom. The highest BCUT2D eigenvalue weighted by Gasteiger charge is 2.33. The van der Waals surface area contributed by atoms with Gasteiger partial charge in [-0.05, 0) is 38.0 Å². The highest BCUT2D eigenvalue weighted by molar-refractivity contribution is 5.76. The second kappa shape index (κ2) is 5.25. The Morgan fingerprint density at radius 3 is 2.75 bits per heavy atom. The number of alkyl carbamates (subject to hydrolysis) is 1. The minimum absolute atomic E-state index is 0.453. The molecule has 1 aliphatic rings. The number of carbonyl (C=O) groups excluding carboxylic acids is 2. The number of fused-ring (bicyclic) bond motifs is 1. The van der Waals surface area contributed by atoms with E-state index < -0.39 is 23.8 Å². The average molecular weight is 277 g/mol. The third kappa shape index (κ3) is 3.17. The van der Waals surface area contributed by atoms with Gasteiger partial charge >= 0.3 is 6.09 Å². The lowest BCUT2D eigenvalue weighted by Gasteiger charge is -2.23. The fourth-order valence-electron chi connectivity index (χ4n) is 2.32. The molecule has 0 saturated carbocycles. The summed E-state index contributed by atoms with van der Waals surface area (Å²) in [6.45, 7) is 5.32. The van der Waals surface area contributed by atoms with Gasteiger partial charge in [0.25, 0.3) is 0 Å². The van der Waals surface area contributed by atoms with E-state index in [0.717, 1.165) is 17.4 Å². The van der Waals surface area contributed by atoms with Crippen molar-refractivity contribution in [2.24, 2.45) is 0 Å². The molecule has 2 rings (SSSR count). The Morgan fingerprint density at radius 1 is 1.45 bits per heavy atom. The first-order valence-corrected chi connectivity index (χ1v) is 6.56. The van der Waals surface area contributed by atoms with Gasteiger partial charge in [0.1, 0.15) is 11.9 Å². The van der Waals surface area contributed by atoms with E-state index in [4.69, 9.17) is 4.74 Å². The molecule has 2 atom stereocenters. The standard InChI is InChI=1S/C15H19NO4/c1-15(2,3)20-14(19)16-13-11-6-9(8-17)4-5-10(11)7-12(13)18/h4-6,8,12-13,18H,7H2,1-3H3,(H,16,19). The van der Waals surface area contributed by atoms with Crippen LogP contribution in [0, 0.1) is 0 Å². The molecule has 1 aliphatic carbocycles. The van der Waals surface area contributed by atoms with Crippen molar-refractivity contribution in [2.75, 3.05) is 0 Å². The van der Waals surface area contributed by atoms with E-state index in [1.807, 2.05) is 0 Å². The first-order valence-electron chi connectivity index (χ1n) is 6.56. The summed E-state index contributed by atoms with van der Waals surface area (Å²) in [7, 11) is 0. The molecule has 0 aromatic heterocycles. The molecule has 1 aromatic rings. The van der Waals surface area contributed by atoms with E-state index in [9.17, 15) is 14.7 Å². The van der Waals surface area contributed by atoms with Crippen molar-refractivity contribution in [1.29, 1.82) is 0 Å². The van der Waals surface area contributed by atoms with Crippen molar-refractivity contribution < 1.29 is 19.4 Å². The van der Waals surface area contributed by atoms with E-state index in [-0.39, 0.29) is 0 Å².